The van der Waals surface area contributed by atoms with Crippen LogP contribution in [0.1, 0.15) is 40.5 Å². The van der Waals surface area contributed by atoms with Gasteiger partial charge in [0, 0.05) is 24.5 Å². The summed E-state index contributed by atoms with van der Waals surface area (Å²) in [6.45, 7) is 8.74. The first-order valence-electron chi connectivity index (χ1n) is 6.46. The largest absolute Gasteiger partial charge is 0.350 e. The molecule has 102 valence electrons. The fourth-order valence-corrected chi connectivity index (χ4v) is 1.64. The van der Waals surface area contributed by atoms with E-state index in [-0.39, 0.29) is 23.7 Å². The number of hydrogen-bond acceptors (Lipinski definition) is 2. The maximum absolute atomic E-state index is 11.9. The molecule has 0 spiro atoms. The number of carbonyl (C=O) groups excluding carboxylic acids is 1. The van der Waals surface area contributed by atoms with E-state index < -0.39 is 0 Å². The van der Waals surface area contributed by atoms with Crippen LogP contribution in [0.3, 0.4) is 0 Å². The minimum atomic E-state index is -0.229. The highest BCUT2D eigenvalue weighted by Gasteiger charge is 2.18. The van der Waals surface area contributed by atoms with Gasteiger partial charge in [-0.05, 0) is 26.7 Å². The molecule has 0 radical (unpaired) electrons. The van der Waals surface area contributed by atoms with Crippen molar-refractivity contribution < 1.29 is 4.79 Å². The Bertz CT molecular complexity index is 457. The van der Waals surface area contributed by atoms with Crippen LogP contribution in [0.2, 0.25) is 0 Å². The number of amides is 1. The molecule has 0 bridgehead atoms. The Hall–Kier alpha value is -1.52. The SMILES string of the molecule is CCCn1ccn(CC(=O)NC(C)(C)CC)c1=O. The van der Waals surface area contributed by atoms with E-state index in [1.165, 1.54) is 4.57 Å². The predicted molar refractivity (Wildman–Crippen MR) is 71.5 cm³/mol. The first-order valence-corrected chi connectivity index (χ1v) is 6.46. The number of hydrogen-bond donors (Lipinski definition) is 1. The standard InChI is InChI=1S/C13H23N3O2/c1-5-7-15-8-9-16(12(15)18)10-11(17)14-13(3,4)6-2/h8-9H,5-7,10H2,1-4H3,(H,14,17). The molecule has 1 heterocycles. The molecule has 0 aliphatic heterocycles. The number of aromatic nitrogens is 2. The molecule has 5 heteroatoms. The first kappa shape index (κ1) is 14.5. The van der Waals surface area contributed by atoms with Crippen LogP contribution in [0.4, 0.5) is 0 Å². The topological polar surface area (TPSA) is 56.0 Å². The maximum Gasteiger partial charge on any atom is 0.328 e. The molecule has 0 aliphatic carbocycles. The van der Waals surface area contributed by atoms with Gasteiger partial charge in [-0.15, -0.1) is 0 Å². The number of nitrogens with one attached hydrogen (secondary N) is 1. The van der Waals surface area contributed by atoms with Gasteiger partial charge in [-0.1, -0.05) is 13.8 Å². The molecule has 5 nitrogen and oxygen atoms in total. The van der Waals surface area contributed by atoms with Crippen LogP contribution in [-0.4, -0.2) is 20.6 Å². The molecule has 0 aromatic carbocycles. The van der Waals surface area contributed by atoms with Gasteiger partial charge in [0.2, 0.25) is 5.91 Å². The molecule has 0 aliphatic rings. The van der Waals surface area contributed by atoms with Gasteiger partial charge in [0.25, 0.3) is 0 Å². The molecule has 0 unspecified atom stereocenters. The molecular formula is C13H23N3O2. The van der Waals surface area contributed by atoms with E-state index in [2.05, 4.69) is 5.32 Å². The zero-order valence-corrected chi connectivity index (χ0v) is 11.7. The lowest BCUT2D eigenvalue weighted by Crippen LogP contribution is -2.45. The van der Waals surface area contributed by atoms with Crippen molar-refractivity contribution in [3.63, 3.8) is 0 Å². The van der Waals surface area contributed by atoms with Crippen molar-refractivity contribution in [1.82, 2.24) is 14.5 Å². The third-order valence-electron chi connectivity index (χ3n) is 3.06. The lowest BCUT2D eigenvalue weighted by atomic mass is 10.0. The van der Waals surface area contributed by atoms with Crippen molar-refractivity contribution in [3.05, 3.63) is 22.9 Å². The number of imidazole rings is 1. The summed E-state index contributed by atoms with van der Waals surface area (Å²) < 4.78 is 3.06. The number of nitrogens with zero attached hydrogens (tertiary/aromatic N) is 2. The van der Waals surface area contributed by atoms with Crippen molar-refractivity contribution in [3.8, 4) is 0 Å². The van der Waals surface area contributed by atoms with Crippen molar-refractivity contribution in [1.29, 1.82) is 0 Å². The Morgan fingerprint density at radius 2 is 1.89 bits per heavy atom. The molecule has 1 N–H and O–H groups in total. The molecule has 0 saturated heterocycles. The second kappa shape index (κ2) is 5.89. The quantitative estimate of drug-likeness (QED) is 0.832. The predicted octanol–water partition coefficient (Wildman–Crippen LogP) is 1.36. The Kier molecular flexibility index (Phi) is 4.76. The normalized spacial score (nSPS) is 11.6. The number of aryl methyl sites for hydroxylation is 1. The van der Waals surface area contributed by atoms with Gasteiger partial charge in [0.1, 0.15) is 6.54 Å². The van der Waals surface area contributed by atoms with Gasteiger partial charge in [-0.3, -0.25) is 13.9 Å². The Morgan fingerprint density at radius 1 is 1.28 bits per heavy atom. The monoisotopic (exact) mass is 253 g/mol. The van der Waals surface area contributed by atoms with E-state index in [0.29, 0.717) is 6.54 Å². The van der Waals surface area contributed by atoms with Gasteiger partial charge >= 0.3 is 5.69 Å². The van der Waals surface area contributed by atoms with Crippen molar-refractivity contribution >= 4 is 5.91 Å². The fourth-order valence-electron chi connectivity index (χ4n) is 1.64. The van der Waals surface area contributed by atoms with E-state index in [9.17, 15) is 9.59 Å². The van der Waals surface area contributed by atoms with Crippen LogP contribution in [0, 0.1) is 0 Å². The van der Waals surface area contributed by atoms with Gasteiger partial charge in [-0.25, -0.2) is 4.79 Å². The van der Waals surface area contributed by atoms with Gasteiger partial charge in [0.15, 0.2) is 0 Å². The molecular weight excluding hydrogens is 230 g/mol. The van der Waals surface area contributed by atoms with Gasteiger partial charge < -0.3 is 5.32 Å². The van der Waals surface area contributed by atoms with Crippen molar-refractivity contribution in [2.24, 2.45) is 0 Å². The highest BCUT2D eigenvalue weighted by atomic mass is 16.2. The van der Waals surface area contributed by atoms with Crippen LogP contribution >= 0.6 is 0 Å². The van der Waals surface area contributed by atoms with Crippen LogP contribution in [0.25, 0.3) is 0 Å². The third-order valence-corrected chi connectivity index (χ3v) is 3.06. The first-order chi connectivity index (χ1) is 8.39. The molecule has 1 aromatic heterocycles. The summed E-state index contributed by atoms with van der Waals surface area (Å²) in [4.78, 5) is 23.7. The fraction of sp³-hybridized carbons (Fsp3) is 0.692. The zero-order valence-electron chi connectivity index (χ0n) is 11.7. The highest BCUT2D eigenvalue weighted by Crippen LogP contribution is 2.06. The summed E-state index contributed by atoms with van der Waals surface area (Å²) in [5.41, 5.74) is -0.353. The minimum absolute atomic E-state index is 0.0823. The Balaban J connectivity index is 2.68. The van der Waals surface area contributed by atoms with Crippen molar-refractivity contribution in [2.45, 2.75) is 59.2 Å². The van der Waals surface area contributed by atoms with E-state index in [1.54, 1.807) is 17.0 Å². The molecule has 1 aromatic rings. The minimum Gasteiger partial charge on any atom is -0.350 e. The van der Waals surface area contributed by atoms with E-state index in [0.717, 1.165) is 12.8 Å². The number of rotatable bonds is 6. The average molecular weight is 253 g/mol. The zero-order chi connectivity index (χ0) is 13.8. The third kappa shape index (κ3) is 3.75. The summed E-state index contributed by atoms with van der Waals surface area (Å²) in [7, 11) is 0. The van der Waals surface area contributed by atoms with Crippen LogP contribution in [-0.2, 0) is 17.9 Å². The smallest absolute Gasteiger partial charge is 0.328 e. The van der Waals surface area contributed by atoms with Crippen LogP contribution in [0.15, 0.2) is 17.2 Å². The van der Waals surface area contributed by atoms with Gasteiger partial charge in [0.05, 0.1) is 0 Å². The van der Waals surface area contributed by atoms with Crippen LogP contribution in [0.5, 0.6) is 0 Å². The molecule has 0 atom stereocenters. The second-order valence-corrected chi connectivity index (χ2v) is 5.19. The summed E-state index contributed by atoms with van der Waals surface area (Å²) in [6, 6.07) is 0. The second-order valence-electron chi connectivity index (χ2n) is 5.19. The number of carbonyl (C=O) groups is 1. The van der Waals surface area contributed by atoms with Gasteiger partial charge in [-0.2, -0.15) is 0 Å². The maximum atomic E-state index is 11.9. The summed E-state index contributed by atoms with van der Waals surface area (Å²) in [5.74, 6) is -0.127. The molecule has 0 fully saturated rings. The molecule has 1 amide bonds. The Morgan fingerprint density at radius 3 is 2.44 bits per heavy atom. The lowest BCUT2D eigenvalue weighted by molar-refractivity contribution is -0.123. The van der Waals surface area contributed by atoms with Crippen LogP contribution < -0.4 is 11.0 Å². The van der Waals surface area contributed by atoms with E-state index in [4.69, 9.17) is 0 Å². The molecule has 0 saturated carbocycles. The summed E-state index contributed by atoms with van der Waals surface area (Å²) in [5, 5.41) is 2.91. The summed E-state index contributed by atoms with van der Waals surface area (Å²) >= 11 is 0. The average Bonchev–Trinajstić information content (AvgIpc) is 2.61. The van der Waals surface area contributed by atoms with Crippen molar-refractivity contribution in [2.75, 3.05) is 0 Å². The lowest BCUT2D eigenvalue weighted by Gasteiger charge is -2.24. The van der Waals surface area contributed by atoms with E-state index >= 15 is 0 Å². The highest BCUT2D eigenvalue weighted by molar-refractivity contribution is 5.76. The Labute approximate surface area is 108 Å². The van der Waals surface area contributed by atoms with E-state index in [1.807, 2.05) is 27.7 Å². The molecule has 1 rings (SSSR count). The molecule has 18 heavy (non-hydrogen) atoms. The summed E-state index contributed by atoms with van der Waals surface area (Å²) in [6.07, 6.45) is 5.14.